The summed E-state index contributed by atoms with van der Waals surface area (Å²) in [5.74, 6) is 1.11. The molecule has 2 rings (SSSR count). The summed E-state index contributed by atoms with van der Waals surface area (Å²) in [6.07, 6.45) is 4.36. The molecule has 1 aromatic rings. The Kier molecular flexibility index (Phi) is 3.56. The molecule has 0 aromatic carbocycles. The fourth-order valence-electron chi connectivity index (χ4n) is 2.12. The predicted octanol–water partition coefficient (Wildman–Crippen LogP) is 1.66. The van der Waals surface area contributed by atoms with Gasteiger partial charge in [0.1, 0.15) is 5.82 Å². The van der Waals surface area contributed by atoms with E-state index in [2.05, 4.69) is 34.3 Å². The van der Waals surface area contributed by atoms with Gasteiger partial charge in [-0.1, -0.05) is 19.4 Å². The van der Waals surface area contributed by atoms with Crippen LogP contribution in [-0.2, 0) is 0 Å². The zero-order valence-electron chi connectivity index (χ0n) is 9.32. The average molecular weight is 205 g/mol. The number of hydrogen-bond acceptors (Lipinski definition) is 3. The van der Waals surface area contributed by atoms with Crippen LogP contribution in [0.3, 0.4) is 0 Å². The molecule has 82 valence electrons. The lowest BCUT2D eigenvalue weighted by molar-refractivity contribution is 0.429. The molecule has 1 atom stereocenters. The van der Waals surface area contributed by atoms with Gasteiger partial charge in [0.05, 0.1) is 0 Å². The smallest absolute Gasteiger partial charge is 0.128 e. The van der Waals surface area contributed by atoms with Crippen molar-refractivity contribution < 1.29 is 0 Å². The number of hydrogen-bond donors (Lipinski definition) is 1. The van der Waals surface area contributed by atoms with E-state index >= 15 is 0 Å². The lowest BCUT2D eigenvalue weighted by atomic mass is 10.1. The summed E-state index contributed by atoms with van der Waals surface area (Å²) in [5.41, 5.74) is 0. The van der Waals surface area contributed by atoms with Crippen LogP contribution in [0.25, 0.3) is 0 Å². The van der Waals surface area contributed by atoms with Crippen molar-refractivity contribution in [1.82, 2.24) is 10.3 Å². The fourth-order valence-corrected chi connectivity index (χ4v) is 2.12. The lowest BCUT2D eigenvalue weighted by Gasteiger charge is -2.34. The topological polar surface area (TPSA) is 28.2 Å². The third kappa shape index (κ3) is 2.69. The minimum atomic E-state index is 0.630. The Morgan fingerprint density at radius 2 is 2.47 bits per heavy atom. The molecule has 3 heteroatoms. The Balaban J connectivity index is 1.98. The number of piperazine rings is 1. The highest BCUT2D eigenvalue weighted by Crippen LogP contribution is 2.13. The average Bonchev–Trinajstić information content (AvgIpc) is 2.31. The van der Waals surface area contributed by atoms with Crippen LogP contribution in [0.1, 0.15) is 19.8 Å². The predicted molar refractivity (Wildman–Crippen MR) is 63.1 cm³/mol. The number of aromatic nitrogens is 1. The monoisotopic (exact) mass is 205 g/mol. The third-order valence-corrected chi connectivity index (χ3v) is 2.87. The molecule has 1 N–H and O–H groups in total. The summed E-state index contributed by atoms with van der Waals surface area (Å²) in [6, 6.07) is 6.74. The van der Waals surface area contributed by atoms with Crippen LogP contribution in [0, 0.1) is 0 Å². The molecule has 0 spiro atoms. The van der Waals surface area contributed by atoms with Crippen LogP contribution in [0.5, 0.6) is 0 Å². The first-order chi connectivity index (χ1) is 7.40. The van der Waals surface area contributed by atoms with E-state index in [1.54, 1.807) is 0 Å². The summed E-state index contributed by atoms with van der Waals surface area (Å²) in [5, 5.41) is 3.55. The van der Waals surface area contributed by atoms with Gasteiger partial charge in [0.25, 0.3) is 0 Å². The van der Waals surface area contributed by atoms with E-state index in [9.17, 15) is 0 Å². The summed E-state index contributed by atoms with van der Waals surface area (Å²) in [6.45, 7) is 5.46. The van der Waals surface area contributed by atoms with Gasteiger partial charge in [-0.2, -0.15) is 0 Å². The highest BCUT2D eigenvalue weighted by molar-refractivity contribution is 5.38. The molecule has 0 radical (unpaired) electrons. The zero-order valence-corrected chi connectivity index (χ0v) is 9.32. The maximum absolute atomic E-state index is 4.40. The Bertz CT molecular complexity index is 284. The fraction of sp³-hybridized carbons (Fsp3) is 0.583. The Hall–Kier alpha value is -1.09. The molecule has 1 unspecified atom stereocenters. The number of nitrogens with one attached hydrogen (secondary N) is 1. The minimum Gasteiger partial charge on any atom is -0.354 e. The van der Waals surface area contributed by atoms with Gasteiger partial charge in [-0.25, -0.2) is 4.98 Å². The SMILES string of the molecule is CCCC1CN(c2ccccn2)CCN1. The second-order valence-corrected chi connectivity index (χ2v) is 4.07. The van der Waals surface area contributed by atoms with Crippen molar-refractivity contribution in [3.05, 3.63) is 24.4 Å². The van der Waals surface area contributed by atoms with Crippen LogP contribution in [0.2, 0.25) is 0 Å². The number of anilines is 1. The molecule has 1 aliphatic heterocycles. The molecular weight excluding hydrogens is 186 g/mol. The molecule has 1 fully saturated rings. The summed E-state index contributed by atoms with van der Waals surface area (Å²) < 4.78 is 0. The molecule has 0 saturated carbocycles. The van der Waals surface area contributed by atoms with Crippen molar-refractivity contribution in [1.29, 1.82) is 0 Å². The maximum Gasteiger partial charge on any atom is 0.128 e. The second kappa shape index (κ2) is 5.12. The van der Waals surface area contributed by atoms with E-state index < -0.39 is 0 Å². The number of pyridine rings is 1. The van der Waals surface area contributed by atoms with Crippen LogP contribution < -0.4 is 10.2 Å². The van der Waals surface area contributed by atoms with Crippen LogP contribution in [0.4, 0.5) is 5.82 Å². The van der Waals surface area contributed by atoms with Gasteiger partial charge < -0.3 is 10.2 Å². The molecule has 0 bridgehead atoms. The van der Waals surface area contributed by atoms with E-state index in [4.69, 9.17) is 0 Å². The Morgan fingerprint density at radius 1 is 1.53 bits per heavy atom. The van der Waals surface area contributed by atoms with Crippen molar-refractivity contribution in [3.63, 3.8) is 0 Å². The van der Waals surface area contributed by atoms with E-state index in [1.165, 1.54) is 12.8 Å². The maximum atomic E-state index is 4.40. The van der Waals surface area contributed by atoms with Crippen molar-refractivity contribution in [2.45, 2.75) is 25.8 Å². The van der Waals surface area contributed by atoms with Gasteiger partial charge in [0.15, 0.2) is 0 Å². The van der Waals surface area contributed by atoms with Gasteiger partial charge in [-0.15, -0.1) is 0 Å². The largest absolute Gasteiger partial charge is 0.354 e. The summed E-state index contributed by atoms with van der Waals surface area (Å²) in [7, 11) is 0. The van der Waals surface area contributed by atoms with E-state index in [0.717, 1.165) is 25.5 Å². The molecular formula is C12H19N3. The number of nitrogens with zero attached hydrogens (tertiary/aromatic N) is 2. The van der Waals surface area contributed by atoms with Gasteiger partial charge >= 0.3 is 0 Å². The summed E-state index contributed by atoms with van der Waals surface area (Å²) in [4.78, 5) is 6.77. The van der Waals surface area contributed by atoms with Gasteiger partial charge in [0, 0.05) is 31.9 Å². The highest BCUT2D eigenvalue weighted by Gasteiger charge is 2.18. The lowest BCUT2D eigenvalue weighted by Crippen LogP contribution is -2.50. The van der Waals surface area contributed by atoms with Crippen molar-refractivity contribution in [2.75, 3.05) is 24.5 Å². The van der Waals surface area contributed by atoms with Crippen LogP contribution >= 0.6 is 0 Å². The molecule has 2 heterocycles. The Labute approximate surface area is 91.5 Å². The molecule has 3 nitrogen and oxygen atoms in total. The Morgan fingerprint density at radius 3 is 3.20 bits per heavy atom. The first-order valence-corrected chi connectivity index (χ1v) is 5.79. The summed E-state index contributed by atoms with van der Waals surface area (Å²) >= 11 is 0. The molecule has 1 aromatic heterocycles. The van der Waals surface area contributed by atoms with Crippen molar-refractivity contribution in [3.8, 4) is 0 Å². The van der Waals surface area contributed by atoms with E-state index in [0.29, 0.717) is 6.04 Å². The standard InChI is InChI=1S/C12H19N3/c1-2-5-11-10-15(9-8-13-11)12-6-3-4-7-14-12/h3-4,6-7,11,13H,2,5,8-10H2,1H3. The quantitative estimate of drug-likeness (QED) is 0.813. The van der Waals surface area contributed by atoms with E-state index in [1.807, 2.05) is 12.3 Å². The molecule has 0 aliphatic carbocycles. The minimum absolute atomic E-state index is 0.630. The van der Waals surface area contributed by atoms with Gasteiger partial charge in [-0.3, -0.25) is 0 Å². The molecule has 1 aliphatic rings. The normalized spacial score (nSPS) is 21.7. The third-order valence-electron chi connectivity index (χ3n) is 2.87. The van der Waals surface area contributed by atoms with Gasteiger partial charge in [0.2, 0.25) is 0 Å². The van der Waals surface area contributed by atoms with Crippen molar-refractivity contribution >= 4 is 5.82 Å². The van der Waals surface area contributed by atoms with Crippen LogP contribution in [-0.4, -0.2) is 30.7 Å². The second-order valence-electron chi connectivity index (χ2n) is 4.07. The number of rotatable bonds is 3. The first kappa shape index (κ1) is 10.4. The first-order valence-electron chi connectivity index (χ1n) is 5.79. The van der Waals surface area contributed by atoms with Crippen molar-refractivity contribution in [2.24, 2.45) is 0 Å². The molecule has 1 saturated heterocycles. The highest BCUT2D eigenvalue weighted by atomic mass is 15.2. The van der Waals surface area contributed by atoms with E-state index in [-0.39, 0.29) is 0 Å². The van der Waals surface area contributed by atoms with Gasteiger partial charge in [-0.05, 0) is 18.6 Å². The molecule has 0 amide bonds. The van der Waals surface area contributed by atoms with Crippen LogP contribution in [0.15, 0.2) is 24.4 Å². The zero-order chi connectivity index (χ0) is 10.5. The molecule has 15 heavy (non-hydrogen) atoms.